The minimum atomic E-state index is -0.446. The lowest BCUT2D eigenvalue weighted by molar-refractivity contribution is -0.385. The largest absolute Gasteiger partial charge is 0.390 e. The predicted molar refractivity (Wildman–Crippen MR) is 87.4 cm³/mol. The van der Waals surface area contributed by atoms with E-state index in [1.807, 2.05) is 18.0 Å². The molecule has 1 heterocycles. The van der Waals surface area contributed by atoms with Crippen molar-refractivity contribution in [2.75, 3.05) is 46.4 Å². The number of nitro benzene ring substituents is 1. The third kappa shape index (κ3) is 5.54. The molecule has 0 spiro atoms. The number of aryl methyl sites for hydroxylation is 1. The summed E-state index contributed by atoms with van der Waals surface area (Å²) in [5.41, 5.74) is 1.68. The number of hydrogen-bond donors (Lipinski definition) is 1. The van der Waals surface area contributed by atoms with Crippen molar-refractivity contribution >= 4 is 5.69 Å². The molecule has 7 heteroatoms. The van der Waals surface area contributed by atoms with E-state index in [9.17, 15) is 15.2 Å². The molecule has 0 aliphatic carbocycles. The molecule has 1 fully saturated rings. The molecule has 0 aromatic heterocycles. The van der Waals surface area contributed by atoms with Crippen LogP contribution in [0.15, 0.2) is 18.2 Å². The van der Waals surface area contributed by atoms with Crippen LogP contribution in [0.2, 0.25) is 0 Å². The number of likely N-dealkylation sites (N-methyl/N-ethyl adjacent to an activating group) is 1. The fourth-order valence-electron chi connectivity index (χ4n) is 2.83. The molecule has 23 heavy (non-hydrogen) atoms. The molecular formula is C16H25N3O4. The average molecular weight is 323 g/mol. The summed E-state index contributed by atoms with van der Waals surface area (Å²) >= 11 is 0. The van der Waals surface area contributed by atoms with E-state index < -0.39 is 6.10 Å². The smallest absolute Gasteiger partial charge is 0.272 e. The zero-order chi connectivity index (χ0) is 16.8. The number of nitro groups is 1. The zero-order valence-corrected chi connectivity index (χ0v) is 13.8. The Kier molecular flexibility index (Phi) is 6.47. The first-order valence-electron chi connectivity index (χ1n) is 7.86. The van der Waals surface area contributed by atoms with Crippen LogP contribution >= 0.6 is 0 Å². The molecule has 1 saturated heterocycles. The van der Waals surface area contributed by atoms with Gasteiger partial charge in [0.25, 0.3) is 5.69 Å². The quantitative estimate of drug-likeness (QED) is 0.596. The topological polar surface area (TPSA) is 79.1 Å². The summed E-state index contributed by atoms with van der Waals surface area (Å²) in [5.74, 6) is 0. The number of benzene rings is 1. The minimum absolute atomic E-state index is 0.143. The lowest BCUT2D eigenvalue weighted by Crippen LogP contribution is -2.43. The van der Waals surface area contributed by atoms with Gasteiger partial charge in [-0.15, -0.1) is 0 Å². The molecule has 0 saturated carbocycles. The van der Waals surface area contributed by atoms with Gasteiger partial charge >= 0.3 is 0 Å². The second-order valence-corrected chi connectivity index (χ2v) is 6.14. The second kappa shape index (κ2) is 8.35. The van der Waals surface area contributed by atoms with E-state index in [1.165, 1.54) is 0 Å². The van der Waals surface area contributed by atoms with Gasteiger partial charge in [-0.05, 0) is 19.5 Å². The highest BCUT2D eigenvalue weighted by molar-refractivity contribution is 5.42. The lowest BCUT2D eigenvalue weighted by Gasteiger charge is -2.30. The van der Waals surface area contributed by atoms with Crippen LogP contribution in [0.3, 0.4) is 0 Å². The standard InChI is InChI=1S/C16H25N3O4/c1-13-3-4-14(9-16(13)19(21)22)10-17(2)11-15(20)12-18-5-7-23-8-6-18/h3-4,9,15,20H,5-8,10-12H2,1-2H3. The van der Waals surface area contributed by atoms with Gasteiger partial charge in [0.1, 0.15) is 0 Å². The number of rotatable bonds is 7. The highest BCUT2D eigenvalue weighted by Gasteiger charge is 2.17. The molecule has 1 aliphatic rings. The fourth-order valence-corrected chi connectivity index (χ4v) is 2.83. The molecule has 0 amide bonds. The van der Waals surface area contributed by atoms with Gasteiger partial charge in [-0.2, -0.15) is 0 Å². The monoisotopic (exact) mass is 323 g/mol. The van der Waals surface area contributed by atoms with Gasteiger partial charge in [-0.1, -0.05) is 12.1 Å². The van der Waals surface area contributed by atoms with Crippen LogP contribution in [0.5, 0.6) is 0 Å². The number of nitrogens with zero attached hydrogens (tertiary/aromatic N) is 3. The molecular weight excluding hydrogens is 298 g/mol. The number of aliphatic hydroxyl groups excluding tert-OH is 1. The Hall–Kier alpha value is -1.54. The molecule has 0 radical (unpaired) electrons. The fraction of sp³-hybridized carbons (Fsp3) is 0.625. The summed E-state index contributed by atoms with van der Waals surface area (Å²) in [6.45, 7) is 6.60. The maximum Gasteiger partial charge on any atom is 0.272 e. The Labute approximate surface area is 136 Å². The molecule has 1 atom stereocenters. The number of β-amino-alcohol motifs (C(OH)–C–C–N with tert-alkyl or cyclic N) is 1. The maximum absolute atomic E-state index is 11.0. The summed E-state index contributed by atoms with van der Waals surface area (Å²) in [6.07, 6.45) is -0.446. The van der Waals surface area contributed by atoms with Gasteiger partial charge < -0.3 is 9.84 Å². The molecule has 2 rings (SSSR count). The second-order valence-electron chi connectivity index (χ2n) is 6.14. The van der Waals surface area contributed by atoms with Crippen LogP contribution in [-0.4, -0.2) is 72.4 Å². The Balaban J connectivity index is 1.85. The van der Waals surface area contributed by atoms with Crippen molar-refractivity contribution in [3.8, 4) is 0 Å². The van der Waals surface area contributed by atoms with Crippen LogP contribution in [-0.2, 0) is 11.3 Å². The molecule has 1 aliphatic heterocycles. The van der Waals surface area contributed by atoms with E-state index in [0.717, 1.165) is 31.9 Å². The average Bonchev–Trinajstić information content (AvgIpc) is 2.49. The van der Waals surface area contributed by atoms with Gasteiger partial charge in [-0.25, -0.2) is 0 Å². The SMILES string of the molecule is Cc1ccc(CN(C)CC(O)CN2CCOCC2)cc1[N+](=O)[O-]. The normalized spacial score (nSPS) is 17.4. The lowest BCUT2D eigenvalue weighted by atomic mass is 10.1. The highest BCUT2D eigenvalue weighted by Crippen LogP contribution is 2.20. The Bertz CT molecular complexity index is 532. The van der Waals surface area contributed by atoms with Crippen molar-refractivity contribution in [1.82, 2.24) is 9.80 Å². The maximum atomic E-state index is 11.0. The van der Waals surface area contributed by atoms with Gasteiger partial charge in [0, 0.05) is 44.4 Å². The molecule has 1 aromatic rings. The van der Waals surface area contributed by atoms with Crippen molar-refractivity contribution in [3.63, 3.8) is 0 Å². The van der Waals surface area contributed by atoms with E-state index in [1.54, 1.807) is 19.1 Å². The van der Waals surface area contributed by atoms with Crippen LogP contribution in [0.4, 0.5) is 5.69 Å². The number of ether oxygens (including phenoxy) is 1. The van der Waals surface area contributed by atoms with Gasteiger partial charge in [0.2, 0.25) is 0 Å². The number of morpholine rings is 1. The summed E-state index contributed by atoms with van der Waals surface area (Å²) in [5, 5.41) is 21.2. The molecule has 0 bridgehead atoms. The summed E-state index contributed by atoms with van der Waals surface area (Å²) in [7, 11) is 1.91. The Morgan fingerprint density at radius 1 is 1.43 bits per heavy atom. The van der Waals surface area contributed by atoms with E-state index >= 15 is 0 Å². The van der Waals surface area contributed by atoms with E-state index in [2.05, 4.69) is 4.90 Å². The third-order valence-electron chi connectivity index (χ3n) is 4.02. The third-order valence-corrected chi connectivity index (χ3v) is 4.02. The minimum Gasteiger partial charge on any atom is -0.390 e. The van der Waals surface area contributed by atoms with Crippen LogP contribution in [0, 0.1) is 17.0 Å². The van der Waals surface area contributed by atoms with E-state index in [4.69, 9.17) is 4.74 Å². The van der Waals surface area contributed by atoms with E-state index in [0.29, 0.717) is 25.2 Å². The van der Waals surface area contributed by atoms with Crippen LogP contribution < -0.4 is 0 Å². The first-order chi connectivity index (χ1) is 11.0. The zero-order valence-electron chi connectivity index (χ0n) is 13.8. The van der Waals surface area contributed by atoms with E-state index in [-0.39, 0.29) is 10.6 Å². The van der Waals surface area contributed by atoms with Crippen LogP contribution in [0.25, 0.3) is 0 Å². The predicted octanol–water partition coefficient (Wildman–Crippen LogP) is 1.03. The van der Waals surface area contributed by atoms with Gasteiger partial charge in [-0.3, -0.25) is 19.9 Å². The van der Waals surface area contributed by atoms with Crippen molar-refractivity contribution < 1.29 is 14.8 Å². The molecule has 128 valence electrons. The first kappa shape index (κ1) is 17.8. The molecule has 1 unspecified atom stereocenters. The van der Waals surface area contributed by atoms with Crippen molar-refractivity contribution in [2.24, 2.45) is 0 Å². The Morgan fingerprint density at radius 3 is 2.78 bits per heavy atom. The summed E-state index contributed by atoms with van der Waals surface area (Å²) < 4.78 is 5.29. The Morgan fingerprint density at radius 2 is 2.13 bits per heavy atom. The van der Waals surface area contributed by atoms with Crippen molar-refractivity contribution in [2.45, 2.75) is 19.6 Å². The summed E-state index contributed by atoms with van der Waals surface area (Å²) in [6, 6.07) is 5.28. The molecule has 1 N–H and O–H groups in total. The van der Waals surface area contributed by atoms with Crippen molar-refractivity contribution in [3.05, 3.63) is 39.4 Å². The molecule has 1 aromatic carbocycles. The summed E-state index contributed by atoms with van der Waals surface area (Å²) in [4.78, 5) is 14.8. The van der Waals surface area contributed by atoms with Crippen molar-refractivity contribution in [1.29, 1.82) is 0 Å². The number of aliphatic hydroxyl groups is 1. The van der Waals surface area contributed by atoms with Gasteiger partial charge in [0.05, 0.1) is 24.2 Å². The number of hydrogen-bond acceptors (Lipinski definition) is 6. The van der Waals surface area contributed by atoms with Gasteiger partial charge in [0.15, 0.2) is 0 Å². The van der Waals surface area contributed by atoms with Crippen LogP contribution in [0.1, 0.15) is 11.1 Å². The molecule has 7 nitrogen and oxygen atoms in total. The highest BCUT2D eigenvalue weighted by atomic mass is 16.6. The first-order valence-corrected chi connectivity index (χ1v) is 7.86.